The summed E-state index contributed by atoms with van der Waals surface area (Å²) in [5.41, 5.74) is -0.302. The van der Waals surface area contributed by atoms with Crippen LogP contribution in [0.2, 0.25) is 0 Å². The van der Waals surface area contributed by atoms with Crippen molar-refractivity contribution in [2.24, 2.45) is 0 Å². The molecule has 1 aromatic carbocycles. The van der Waals surface area contributed by atoms with Crippen LogP contribution in [0, 0.1) is 10.1 Å². The number of carbonyl (C=O) groups excluding carboxylic acids is 1. The number of sulfonamides is 1. The number of nitrogens with zero attached hydrogens (tertiary/aromatic N) is 2. The summed E-state index contributed by atoms with van der Waals surface area (Å²) in [5.74, 6) is -0.259. The number of rotatable bonds is 8. The Morgan fingerprint density at radius 3 is 2.37 bits per heavy atom. The molecular formula is C20H31N3O6S. The number of nitro groups is 1. The molecule has 0 unspecified atom stereocenters. The van der Waals surface area contributed by atoms with E-state index in [0.717, 1.165) is 55.2 Å². The van der Waals surface area contributed by atoms with Crippen LogP contribution in [0.15, 0.2) is 18.2 Å². The van der Waals surface area contributed by atoms with Crippen molar-refractivity contribution in [2.75, 3.05) is 17.7 Å². The third kappa shape index (κ3) is 6.07. The summed E-state index contributed by atoms with van der Waals surface area (Å²) in [7, 11) is -2.59. The lowest BCUT2D eigenvalue weighted by Gasteiger charge is -2.32. The Morgan fingerprint density at radius 1 is 1.27 bits per heavy atom. The van der Waals surface area contributed by atoms with E-state index in [0.29, 0.717) is 0 Å². The normalized spacial score (nSPS) is 16.8. The second kappa shape index (κ2) is 10.6. The van der Waals surface area contributed by atoms with Crippen molar-refractivity contribution in [1.29, 1.82) is 0 Å². The van der Waals surface area contributed by atoms with Crippen molar-refractivity contribution in [3.63, 3.8) is 0 Å². The Hall–Kier alpha value is -2.36. The third-order valence-electron chi connectivity index (χ3n) is 5.39. The minimum atomic E-state index is -3.93. The van der Waals surface area contributed by atoms with Gasteiger partial charge in [0.2, 0.25) is 15.9 Å². The molecule has 1 amide bonds. The molecule has 0 heterocycles. The molecule has 0 aromatic heterocycles. The number of benzene rings is 1. The fourth-order valence-corrected chi connectivity index (χ4v) is 5.10. The highest BCUT2D eigenvalue weighted by Crippen LogP contribution is 2.35. The van der Waals surface area contributed by atoms with Crippen molar-refractivity contribution < 1.29 is 22.9 Å². The van der Waals surface area contributed by atoms with Gasteiger partial charge >= 0.3 is 0 Å². The van der Waals surface area contributed by atoms with Crippen LogP contribution in [0.1, 0.15) is 58.3 Å². The summed E-state index contributed by atoms with van der Waals surface area (Å²) in [6.07, 6.45) is 8.42. The maximum absolute atomic E-state index is 13.1. The van der Waals surface area contributed by atoms with Gasteiger partial charge in [-0.2, -0.15) is 0 Å². The number of carbonyl (C=O) groups is 1. The van der Waals surface area contributed by atoms with E-state index < -0.39 is 26.9 Å². The zero-order valence-electron chi connectivity index (χ0n) is 17.8. The lowest BCUT2D eigenvalue weighted by molar-refractivity contribution is -0.384. The molecule has 1 saturated carbocycles. The minimum Gasteiger partial charge on any atom is -0.495 e. The predicted octanol–water partition coefficient (Wildman–Crippen LogP) is 3.38. The number of ether oxygens (including phenoxy) is 1. The van der Waals surface area contributed by atoms with Gasteiger partial charge in [0.1, 0.15) is 17.5 Å². The fourth-order valence-electron chi connectivity index (χ4n) is 3.90. The first-order valence-corrected chi connectivity index (χ1v) is 12.2. The van der Waals surface area contributed by atoms with Crippen molar-refractivity contribution in [3.8, 4) is 5.75 Å². The molecule has 0 bridgehead atoms. The quantitative estimate of drug-likeness (QED) is 0.488. The topological polar surface area (TPSA) is 119 Å². The van der Waals surface area contributed by atoms with Gasteiger partial charge < -0.3 is 10.1 Å². The molecule has 2 rings (SSSR count). The average molecular weight is 442 g/mol. The Morgan fingerprint density at radius 2 is 1.87 bits per heavy atom. The van der Waals surface area contributed by atoms with E-state index in [2.05, 4.69) is 5.32 Å². The number of anilines is 1. The Bertz CT molecular complexity index is 850. The lowest BCUT2D eigenvalue weighted by Crippen LogP contribution is -2.51. The number of amides is 1. The zero-order chi connectivity index (χ0) is 22.3. The first-order chi connectivity index (χ1) is 14.2. The molecule has 168 valence electrons. The maximum atomic E-state index is 13.1. The van der Waals surface area contributed by atoms with Crippen LogP contribution in [0.25, 0.3) is 0 Å². The molecule has 0 aliphatic heterocycles. The van der Waals surface area contributed by atoms with E-state index in [4.69, 9.17) is 4.74 Å². The van der Waals surface area contributed by atoms with Crippen LogP contribution in [0.5, 0.6) is 5.75 Å². The van der Waals surface area contributed by atoms with Crippen molar-refractivity contribution in [1.82, 2.24) is 5.32 Å². The highest BCUT2D eigenvalue weighted by atomic mass is 32.2. The van der Waals surface area contributed by atoms with E-state index in [1.165, 1.54) is 25.7 Å². The van der Waals surface area contributed by atoms with Crippen LogP contribution in [-0.4, -0.2) is 44.7 Å². The van der Waals surface area contributed by atoms with Crippen LogP contribution in [-0.2, 0) is 14.8 Å². The van der Waals surface area contributed by atoms with E-state index in [9.17, 15) is 23.3 Å². The Kier molecular flexibility index (Phi) is 8.45. The fraction of sp³-hybridized carbons (Fsp3) is 0.650. The molecule has 30 heavy (non-hydrogen) atoms. The molecule has 0 radical (unpaired) electrons. The van der Waals surface area contributed by atoms with Crippen molar-refractivity contribution in [3.05, 3.63) is 28.3 Å². The smallest absolute Gasteiger partial charge is 0.271 e. The molecular weight excluding hydrogens is 410 g/mol. The first-order valence-electron chi connectivity index (χ1n) is 10.3. The number of non-ortho nitro benzene ring substituents is 1. The number of methoxy groups -OCH3 is 1. The second-order valence-electron chi connectivity index (χ2n) is 7.65. The second-order valence-corrected chi connectivity index (χ2v) is 9.51. The monoisotopic (exact) mass is 441 g/mol. The lowest BCUT2D eigenvalue weighted by atomic mass is 9.96. The van der Waals surface area contributed by atoms with Gasteiger partial charge in [-0.1, -0.05) is 39.0 Å². The molecule has 0 saturated heterocycles. The minimum absolute atomic E-state index is 0.000246. The van der Waals surface area contributed by atoms with Gasteiger partial charge in [-0.3, -0.25) is 19.2 Å². The number of hydrogen-bond acceptors (Lipinski definition) is 6. The Balaban J connectivity index is 2.40. The van der Waals surface area contributed by atoms with Gasteiger partial charge in [0.25, 0.3) is 5.69 Å². The summed E-state index contributed by atoms with van der Waals surface area (Å²) < 4.78 is 31.6. The van der Waals surface area contributed by atoms with Gasteiger partial charge in [0.15, 0.2) is 0 Å². The predicted molar refractivity (Wildman–Crippen MR) is 115 cm³/mol. The number of nitrogens with one attached hydrogen (secondary N) is 1. The molecule has 0 spiro atoms. The third-order valence-corrected chi connectivity index (χ3v) is 6.56. The van der Waals surface area contributed by atoms with Crippen LogP contribution in [0.4, 0.5) is 11.4 Å². The highest BCUT2D eigenvalue weighted by molar-refractivity contribution is 7.92. The molecule has 1 aromatic rings. The van der Waals surface area contributed by atoms with Crippen LogP contribution < -0.4 is 14.4 Å². The molecule has 10 heteroatoms. The average Bonchev–Trinajstić information content (AvgIpc) is 2.66. The van der Waals surface area contributed by atoms with Gasteiger partial charge in [0, 0.05) is 18.2 Å². The molecule has 9 nitrogen and oxygen atoms in total. The van der Waals surface area contributed by atoms with Crippen molar-refractivity contribution >= 4 is 27.3 Å². The maximum Gasteiger partial charge on any atom is 0.271 e. The number of nitro benzene ring substituents is 1. The van der Waals surface area contributed by atoms with E-state index in [1.54, 1.807) is 6.92 Å². The summed E-state index contributed by atoms with van der Waals surface area (Å²) in [6, 6.07) is 2.66. The van der Waals surface area contributed by atoms with Gasteiger partial charge in [0.05, 0.1) is 18.3 Å². The summed E-state index contributed by atoms with van der Waals surface area (Å²) in [4.78, 5) is 23.8. The van der Waals surface area contributed by atoms with Crippen LogP contribution >= 0.6 is 0 Å². The molecule has 1 N–H and O–H groups in total. The summed E-state index contributed by atoms with van der Waals surface area (Å²) in [6.45, 7) is 1.71. The molecule has 1 aliphatic carbocycles. The van der Waals surface area contributed by atoms with Gasteiger partial charge in [-0.25, -0.2) is 8.42 Å². The SMILES string of the molecule is CC[C@H](C(=O)NC1CCCCCCC1)N(c1cc([N+](=O)[O-])ccc1OC)S(C)(=O)=O. The Labute approximate surface area is 178 Å². The highest BCUT2D eigenvalue weighted by Gasteiger charge is 2.35. The zero-order valence-corrected chi connectivity index (χ0v) is 18.6. The largest absolute Gasteiger partial charge is 0.495 e. The van der Waals surface area contributed by atoms with E-state index >= 15 is 0 Å². The van der Waals surface area contributed by atoms with Crippen molar-refractivity contribution in [2.45, 2.75) is 70.4 Å². The van der Waals surface area contributed by atoms with Gasteiger partial charge in [-0.15, -0.1) is 0 Å². The molecule has 1 aliphatic rings. The summed E-state index contributed by atoms with van der Waals surface area (Å²) in [5, 5.41) is 14.3. The number of hydrogen-bond donors (Lipinski definition) is 1. The molecule has 1 atom stereocenters. The first kappa shape index (κ1) is 23.9. The molecule has 1 fully saturated rings. The van der Waals surface area contributed by atoms with Gasteiger partial charge in [-0.05, 0) is 25.3 Å². The standard InChI is InChI=1S/C20H31N3O6S/c1-4-17(20(24)21-15-10-8-6-5-7-9-11-15)22(30(3,27)28)18-14-16(23(25)26)12-13-19(18)29-2/h12-15,17H,4-11H2,1-3H3,(H,21,24)/t17-/m1/s1. The summed E-state index contributed by atoms with van der Waals surface area (Å²) >= 11 is 0. The van der Waals surface area contributed by atoms with E-state index in [-0.39, 0.29) is 29.6 Å². The van der Waals surface area contributed by atoms with E-state index in [1.807, 2.05) is 0 Å². The van der Waals surface area contributed by atoms with Crippen LogP contribution in [0.3, 0.4) is 0 Å².